The minimum atomic E-state index is -3.53. The zero-order chi connectivity index (χ0) is 17.3. The Morgan fingerprint density at radius 2 is 2.04 bits per heavy atom. The van der Waals surface area contributed by atoms with Gasteiger partial charge in [0.2, 0.25) is 10.0 Å². The number of anilines is 2. The lowest BCUT2D eigenvalue weighted by molar-refractivity contribution is -0.122. The van der Waals surface area contributed by atoms with E-state index < -0.39 is 22.0 Å². The molecule has 0 saturated heterocycles. The maximum atomic E-state index is 12.5. The summed E-state index contributed by atoms with van der Waals surface area (Å²) >= 11 is 0. The van der Waals surface area contributed by atoms with Crippen molar-refractivity contribution in [2.75, 3.05) is 22.4 Å². The Kier molecular flexibility index (Phi) is 4.15. The van der Waals surface area contributed by atoms with Gasteiger partial charge in [-0.15, -0.1) is 0 Å². The average Bonchev–Trinajstić information content (AvgIpc) is 2.55. The van der Waals surface area contributed by atoms with Gasteiger partial charge in [0.1, 0.15) is 11.6 Å². The number of ether oxygens (including phenoxy) is 1. The van der Waals surface area contributed by atoms with E-state index in [0.717, 1.165) is 11.8 Å². The molecule has 0 spiro atoms. The van der Waals surface area contributed by atoms with Crippen LogP contribution in [0.15, 0.2) is 42.6 Å². The Morgan fingerprint density at radius 1 is 1.29 bits per heavy atom. The van der Waals surface area contributed by atoms with Gasteiger partial charge in [-0.3, -0.25) is 9.10 Å². The Labute approximate surface area is 140 Å². The summed E-state index contributed by atoms with van der Waals surface area (Å²) < 4.78 is 31.0. The van der Waals surface area contributed by atoms with Gasteiger partial charge in [0.15, 0.2) is 6.10 Å². The minimum absolute atomic E-state index is 0.0897. The van der Waals surface area contributed by atoms with E-state index in [4.69, 9.17) is 4.74 Å². The molecule has 0 saturated carbocycles. The van der Waals surface area contributed by atoms with Crippen molar-refractivity contribution in [2.24, 2.45) is 0 Å². The van der Waals surface area contributed by atoms with Gasteiger partial charge < -0.3 is 10.1 Å². The van der Waals surface area contributed by atoms with E-state index in [9.17, 15) is 13.2 Å². The molecule has 126 valence electrons. The summed E-state index contributed by atoms with van der Waals surface area (Å²) in [6.45, 7) is 1.73. The number of nitrogens with zero attached hydrogens (tertiary/aromatic N) is 2. The number of amides is 1. The first-order chi connectivity index (χ1) is 11.4. The second-order valence-electron chi connectivity index (χ2n) is 5.53. The van der Waals surface area contributed by atoms with Gasteiger partial charge in [-0.2, -0.15) is 0 Å². The first-order valence-corrected chi connectivity index (χ1v) is 9.17. The Hall–Kier alpha value is -2.61. The fraction of sp³-hybridized carbons (Fsp3) is 0.250. The van der Waals surface area contributed by atoms with Crippen LogP contribution in [0, 0.1) is 6.92 Å². The Balaban J connectivity index is 1.88. The monoisotopic (exact) mass is 347 g/mol. The van der Waals surface area contributed by atoms with E-state index in [1.54, 1.807) is 36.5 Å². The third-order valence-electron chi connectivity index (χ3n) is 3.68. The number of sulfonamides is 1. The smallest absolute Gasteiger partial charge is 0.268 e. The third kappa shape index (κ3) is 3.18. The van der Waals surface area contributed by atoms with E-state index in [2.05, 4.69) is 10.3 Å². The molecule has 7 nitrogen and oxygen atoms in total. The number of aromatic nitrogens is 1. The number of benzene rings is 1. The van der Waals surface area contributed by atoms with Crippen molar-refractivity contribution in [1.82, 2.24) is 4.98 Å². The predicted molar refractivity (Wildman–Crippen MR) is 90.7 cm³/mol. The standard InChI is InChI=1S/C16H17N3O4S/c1-11-6-5-9-17-15(11)18-16(20)14-10-19(24(2,21)22)12-7-3-4-8-13(12)23-14/h3-9,14H,10H2,1-2H3,(H,17,18,20)/t14-/m0/s1. The molecule has 1 aliphatic heterocycles. The summed E-state index contributed by atoms with van der Waals surface area (Å²) in [4.78, 5) is 16.6. The van der Waals surface area contributed by atoms with Crippen molar-refractivity contribution >= 4 is 27.4 Å². The van der Waals surface area contributed by atoms with Crippen LogP contribution in [0.3, 0.4) is 0 Å². The molecule has 0 radical (unpaired) electrons. The van der Waals surface area contributed by atoms with Crippen LogP contribution in [0.25, 0.3) is 0 Å². The van der Waals surface area contributed by atoms with Gasteiger partial charge in [0.05, 0.1) is 18.5 Å². The largest absolute Gasteiger partial charge is 0.476 e. The summed E-state index contributed by atoms with van der Waals surface area (Å²) in [5.74, 6) is 0.336. The van der Waals surface area contributed by atoms with Gasteiger partial charge in [0.25, 0.3) is 5.91 Å². The van der Waals surface area contributed by atoms with Crippen molar-refractivity contribution in [3.63, 3.8) is 0 Å². The molecule has 1 atom stereocenters. The fourth-order valence-corrected chi connectivity index (χ4v) is 3.38. The number of para-hydroxylation sites is 2. The number of nitrogens with one attached hydrogen (secondary N) is 1. The predicted octanol–water partition coefficient (Wildman–Crippen LogP) is 1.56. The number of carbonyl (C=O) groups excluding carboxylic acids is 1. The molecule has 2 aromatic rings. The number of pyridine rings is 1. The van der Waals surface area contributed by atoms with Crippen LogP contribution in [0.4, 0.5) is 11.5 Å². The molecule has 1 N–H and O–H groups in total. The fourth-order valence-electron chi connectivity index (χ4n) is 2.47. The molecule has 3 rings (SSSR count). The van der Waals surface area contributed by atoms with Gasteiger partial charge in [0, 0.05) is 6.20 Å². The zero-order valence-electron chi connectivity index (χ0n) is 13.3. The van der Waals surface area contributed by atoms with Crippen molar-refractivity contribution < 1.29 is 17.9 Å². The summed E-state index contributed by atoms with van der Waals surface area (Å²) in [5.41, 5.74) is 1.24. The second kappa shape index (κ2) is 6.12. The SMILES string of the molecule is Cc1cccnc1NC(=O)[C@@H]1CN(S(C)(=O)=O)c2ccccc2O1. The Morgan fingerprint density at radius 3 is 2.75 bits per heavy atom. The van der Waals surface area contributed by atoms with Gasteiger partial charge in [-0.25, -0.2) is 13.4 Å². The minimum Gasteiger partial charge on any atom is -0.476 e. The molecule has 0 unspecified atom stereocenters. The van der Waals surface area contributed by atoms with E-state index >= 15 is 0 Å². The van der Waals surface area contributed by atoms with Gasteiger partial charge in [-0.1, -0.05) is 18.2 Å². The highest BCUT2D eigenvalue weighted by Gasteiger charge is 2.35. The summed E-state index contributed by atoms with van der Waals surface area (Å²) in [6.07, 6.45) is 1.71. The molecule has 0 bridgehead atoms. The van der Waals surface area contributed by atoms with Crippen LogP contribution in [-0.4, -0.2) is 38.2 Å². The molecule has 2 heterocycles. The normalized spacial score (nSPS) is 16.9. The molecule has 0 fully saturated rings. The molecule has 24 heavy (non-hydrogen) atoms. The van der Waals surface area contributed by atoms with Crippen molar-refractivity contribution in [3.05, 3.63) is 48.2 Å². The van der Waals surface area contributed by atoms with E-state index in [-0.39, 0.29) is 6.54 Å². The number of aryl methyl sites for hydroxylation is 1. The third-order valence-corrected chi connectivity index (χ3v) is 4.83. The van der Waals surface area contributed by atoms with Crippen LogP contribution in [0.2, 0.25) is 0 Å². The molecule has 1 aromatic heterocycles. The lowest BCUT2D eigenvalue weighted by atomic mass is 10.2. The van der Waals surface area contributed by atoms with Crippen LogP contribution >= 0.6 is 0 Å². The van der Waals surface area contributed by atoms with Crippen LogP contribution in [0.5, 0.6) is 5.75 Å². The van der Waals surface area contributed by atoms with Crippen LogP contribution in [0.1, 0.15) is 5.56 Å². The molecule has 8 heteroatoms. The lowest BCUT2D eigenvalue weighted by Gasteiger charge is -2.33. The lowest BCUT2D eigenvalue weighted by Crippen LogP contribution is -2.48. The van der Waals surface area contributed by atoms with Gasteiger partial charge >= 0.3 is 0 Å². The number of carbonyl (C=O) groups is 1. The molecular weight excluding hydrogens is 330 g/mol. The van der Waals surface area contributed by atoms with Gasteiger partial charge in [-0.05, 0) is 30.7 Å². The maximum Gasteiger partial charge on any atom is 0.268 e. The highest BCUT2D eigenvalue weighted by atomic mass is 32.2. The number of hydrogen-bond donors (Lipinski definition) is 1. The van der Waals surface area contributed by atoms with Crippen LogP contribution in [-0.2, 0) is 14.8 Å². The highest BCUT2D eigenvalue weighted by Crippen LogP contribution is 2.34. The number of hydrogen-bond acceptors (Lipinski definition) is 5. The topological polar surface area (TPSA) is 88.6 Å². The summed E-state index contributed by atoms with van der Waals surface area (Å²) in [7, 11) is -3.53. The molecule has 0 aliphatic carbocycles. The van der Waals surface area contributed by atoms with E-state index in [1.807, 2.05) is 13.0 Å². The van der Waals surface area contributed by atoms with Crippen molar-refractivity contribution in [1.29, 1.82) is 0 Å². The Bertz CT molecular complexity index is 882. The van der Waals surface area contributed by atoms with Crippen LogP contribution < -0.4 is 14.4 Å². The zero-order valence-corrected chi connectivity index (χ0v) is 14.1. The molecule has 1 amide bonds. The van der Waals surface area contributed by atoms with Crippen molar-refractivity contribution in [3.8, 4) is 5.75 Å². The molecular formula is C16H17N3O4S. The number of fused-ring (bicyclic) bond motifs is 1. The quantitative estimate of drug-likeness (QED) is 0.910. The first kappa shape index (κ1) is 16.3. The molecule has 1 aliphatic rings. The average molecular weight is 347 g/mol. The second-order valence-corrected chi connectivity index (χ2v) is 7.43. The maximum absolute atomic E-state index is 12.5. The van der Waals surface area contributed by atoms with E-state index in [0.29, 0.717) is 17.3 Å². The number of rotatable bonds is 3. The summed E-state index contributed by atoms with van der Waals surface area (Å²) in [5, 5.41) is 2.69. The van der Waals surface area contributed by atoms with Crippen molar-refractivity contribution in [2.45, 2.75) is 13.0 Å². The first-order valence-electron chi connectivity index (χ1n) is 7.32. The molecule has 1 aromatic carbocycles. The highest BCUT2D eigenvalue weighted by molar-refractivity contribution is 7.92. The summed E-state index contributed by atoms with van der Waals surface area (Å²) in [6, 6.07) is 10.3. The van der Waals surface area contributed by atoms with E-state index in [1.165, 1.54) is 4.31 Å².